The maximum Gasteiger partial charge on any atom is 0.115 e. The standard InChI is InChI=1S/C18H21NO/c1-13-8-9-18-16(11-13)6-4-10-19(18)14(2)15-5-3-7-17(20)12-15/h3,5,7-9,11-12,14,20H,4,6,10H2,1-2H3. The highest BCUT2D eigenvalue weighted by molar-refractivity contribution is 5.58. The number of fused-ring (bicyclic) bond motifs is 1. The molecule has 2 aromatic rings. The van der Waals surface area contributed by atoms with Crippen LogP contribution in [0.25, 0.3) is 0 Å². The first-order chi connectivity index (χ1) is 9.65. The van der Waals surface area contributed by atoms with E-state index in [9.17, 15) is 5.11 Å². The first-order valence-electron chi connectivity index (χ1n) is 7.30. The van der Waals surface area contributed by atoms with Gasteiger partial charge in [-0.1, -0.05) is 29.8 Å². The van der Waals surface area contributed by atoms with Crippen molar-refractivity contribution in [2.24, 2.45) is 0 Å². The number of benzene rings is 2. The molecule has 1 unspecified atom stereocenters. The molecule has 1 atom stereocenters. The van der Waals surface area contributed by atoms with Crippen LogP contribution >= 0.6 is 0 Å². The minimum Gasteiger partial charge on any atom is -0.508 e. The minimum atomic E-state index is 0.281. The summed E-state index contributed by atoms with van der Waals surface area (Å²) in [5, 5.41) is 9.67. The average molecular weight is 267 g/mol. The van der Waals surface area contributed by atoms with Crippen molar-refractivity contribution in [2.75, 3.05) is 11.4 Å². The molecule has 0 amide bonds. The number of rotatable bonds is 2. The second-order valence-corrected chi connectivity index (χ2v) is 5.70. The lowest BCUT2D eigenvalue weighted by Gasteiger charge is -2.36. The van der Waals surface area contributed by atoms with Crippen molar-refractivity contribution in [2.45, 2.75) is 32.7 Å². The molecule has 2 aromatic carbocycles. The Kier molecular flexibility index (Phi) is 3.39. The Morgan fingerprint density at radius 2 is 2.00 bits per heavy atom. The summed E-state index contributed by atoms with van der Waals surface area (Å²) in [7, 11) is 0. The first-order valence-corrected chi connectivity index (χ1v) is 7.30. The number of hydrogen-bond donors (Lipinski definition) is 1. The molecule has 20 heavy (non-hydrogen) atoms. The smallest absolute Gasteiger partial charge is 0.115 e. The molecule has 1 aliphatic heterocycles. The Hall–Kier alpha value is -1.96. The normalized spacial score (nSPS) is 15.8. The molecule has 0 saturated heterocycles. The van der Waals surface area contributed by atoms with E-state index in [4.69, 9.17) is 0 Å². The molecule has 2 heteroatoms. The molecule has 0 saturated carbocycles. The predicted octanol–water partition coefficient (Wildman–Crippen LogP) is 4.21. The van der Waals surface area contributed by atoms with Crippen LogP contribution < -0.4 is 4.90 Å². The van der Waals surface area contributed by atoms with Crippen molar-refractivity contribution < 1.29 is 5.11 Å². The Bertz CT molecular complexity index is 621. The van der Waals surface area contributed by atoms with E-state index in [0.29, 0.717) is 5.75 Å². The molecule has 2 nitrogen and oxygen atoms in total. The van der Waals surface area contributed by atoms with Crippen LogP contribution in [0.15, 0.2) is 42.5 Å². The topological polar surface area (TPSA) is 23.5 Å². The third-order valence-electron chi connectivity index (χ3n) is 4.21. The van der Waals surface area contributed by atoms with E-state index in [1.54, 1.807) is 6.07 Å². The van der Waals surface area contributed by atoms with Gasteiger partial charge in [-0.05, 0) is 56.0 Å². The third kappa shape index (κ3) is 2.38. The molecule has 0 bridgehead atoms. The Balaban J connectivity index is 1.96. The summed E-state index contributed by atoms with van der Waals surface area (Å²) in [5.41, 5.74) is 5.29. The van der Waals surface area contributed by atoms with Gasteiger partial charge >= 0.3 is 0 Å². The van der Waals surface area contributed by atoms with Crippen LogP contribution in [-0.4, -0.2) is 11.7 Å². The van der Waals surface area contributed by atoms with Gasteiger partial charge in [0.2, 0.25) is 0 Å². The highest BCUT2D eigenvalue weighted by atomic mass is 16.3. The van der Waals surface area contributed by atoms with Crippen molar-refractivity contribution in [1.29, 1.82) is 0 Å². The minimum absolute atomic E-state index is 0.281. The summed E-state index contributed by atoms with van der Waals surface area (Å²) in [5.74, 6) is 0.343. The fourth-order valence-corrected chi connectivity index (χ4v) is 3.12. The number of hydrogen-bond acceptors (Lipinski definition) is 2. The number of phenols is 1. The van der Waals surface area contributed by atoms with E-state index >= 15 is 0 Å². The number of aryl methyl sites for hydroxylation is 2. The van der Waals surface area contributed by atoms with Crippen LogP contribution in [0.1, 0.15) is 36.1 Å². The fourth-order valence-electron chi connectivity index (χ4n) is 3.12. The van der Waals surface area contributed by atoms with Crippen molar-refractivity contribution >= 4 is 5.69 Å². The molecular formula is C18H21NO. The number of phenolic OH excluding ortho intramolecular Hbond substituents is 1. The SMILES string of the molecule is Cc1ccc2c(c1)CCCN2C(C)c1cccc(O)c1. The van der Waals surface area contributed by atoms with Gasteiger partial charge in [-0.3, -0.25) is 0 Å². The molecule has 1 heterocycles. The van der Waals surface area contributed by atoms with Crippen molar-refractivity contribution in [3.05, 3.63) is 59.2 Å². The van der Waals surface area contributed by atoms with Crippen LogP contribution in [0.5, 0.6) is 5.75 Å². The molecule has 0 spiro atoms. The summed E-state index contributed by atoms with van der Waals surface area (Å²) < 4.78 is 0. The van der Waals surface area contributed by atoms with E-state index in [1.165, 1.54) is 35.2 Å². The van der Waals surface area contributed by atoms with E-state index in [0.717, 1.165) is 6.54 Å². The molecule has 1 N–H and O–H groups in total. The maximum absolute atomic E-state index is 9.67. The van der Waals surface area contributed by atoms with Crippen LogP contribution in [0, 0.1) is 6.92 Å². The molecule has 0 fully saturated rings. The highest BCUT2D eigenvalue weighted by Crippen LogP contribution is 2.35. The molecule has 104 valence electrons. The number of nitrogens with zero attached hydrogens (tertiary/aromatic N) is 1. The second kappa shape index (κ2) is 5.20. The number of aromatic hydroxyl groups is 1. The lowest BCUT2D eigenvalue weighted by atomic mass is 9.96. The second-order valence-electron chi connectivity index (χ2n) is 5.70. The molecule has 0 aromatic heterocycles. The van der Waals surface area contributed by atoms with Gasteiger partial charge in [0.05, 0.1) is 6.04 Å². The Morgan fingerprint density at radius 1 is 1.15 bits per heavy atom. The first kappa shape index (κ1) is 13.0. The largest absolute Gasteiger partial charge is 0.508 e. The van der Waals surface area contributed by atoms with E-state index in [2.05, 4.69) is 43.0 Å². The van der Waals surface area contributed by atoms with Gasteiger partial charge in [0.25, 0.3) is 0 Å². The summed E-state index contributed by atoms with van der Waals surface area (Å²) in [6.45, 7) is 5.44. The van der Waals surface area contributed by atoms with Gasteiger partial charge in [0.15, 0.2) is 0 Å². The average Bonchev–Trinajstić information content (AvgIpc) is 2.45. The summed E-state index contributed by atoms with van der Waals surface area (Å²) >= 11 is 0. The fraction of sp³-hybridized carbons (Fsp3) is 0.333. The zero-order valence-corrected chi connectivity index (χ0v) is 12.1. The summed E-state index contributed by atoms with van der Waals surface area (Å²) in [6, 6.07) is 14.6. The van der Waals surface area contributed by atoms with Crippen LogP contribution in [-0.2, 0) is 6.42 Å². The van der Waals surface area contributed by atoms with E-state index < -0.39 is 0 Å². The lowest BCUT2D eigenvalue weighted by Crippen LogP contribution is -2.32. The summed E-state index contributed by atoms with van der Waals surface area (Å²) in [4.78, 5) is 2.45. The summed E-state index contributed by atoms with van der Waals surface area (Å²) in [6.07, 6.45) is 2.36. The van der Waals surface area contributed by atoms with E-state index in [-0.39, 0.29) is 6.04 Å². The Morgan fingerprint density at radius 3 is 2.80 bits per heavy atom. The van der Waals surface area contributed by atoms with Gasteiger partial charge in [-0.2, -0.15) is 0 Å². The molecule has 1 aliphatic rings. The van der Waals surface area contributed by atoms with Gasteiger partial charge < -0.3 is 10.0 Å². The monoisotopic (exact) mass is 267 g/mol. The van der Waals surface area contributed by atoms with Gasteiger partial charge in [0, 0.05) is 12.2 Å². The van der Waals surface area contributed by atoms with Gasteiger partial charge in [0.1, 0.15) is 5.75 Å². The van der Waals surface area contributed by atoms with Crippen LogP contribution in [0.3, 0.4) is 0 Å². The molecule has 3 rings (SSSR count). The van der Waals surface area contributed by atoms with Crippen molar-refractivity contribution in [3.8, 4) is 5.75 Å². The third-order valence-corrected chi connectivity index (χ3v) is 4.21. The highest BCUT2D eigenvalue weighted by Gasteiger charge is 2.22. The molecule has 0 radical (unpaired) electrons. The quantitative estimate of drug-likeness (QED) is 0.881. The van der Waals surface area contributed by atoms with Crippen molar-refractivity contribution in [3.63, 3.8) is 0 Å². The van der Waals surface area contributed by atoms with Crippen LogP contribution in [0.4, 0.5) is 5.69 Å². The van der Waals surface area contributed by atoms with Crippen molar-refractivity contribution in [1.82, 2.24) is 0 Å². The van der Waals surface area contributed by atoms with Gasteiger partial charge in [-0.15, -0.1) is 0 Å². The van der Waals surface area contributed by atoms with Crippen LogP contribution in [0.2, 0.25) is 0 Å². The maximum atomic E-state index is 9.67. The zero-order valence-electron chi connectivity index (χ0n) is 12.1. The van der Waals surface area contributed by atoms with E-state index in [1.807, 2.05) is 12.1 Å². The molecular weight excluding hydrogens is 246 g/mol. The Labute approximate surface area is 120 Å². The number of anilines is 1. The zero-order chi connectivity index (χ0) is 14.1. The predicted molar refractivity (Wildman–Crippen MR) is 83.4 cm³/mol. The lowest BCUT2D eigenvalue weighted by molar-refractivity contribution is 0.473. The molecule has 0 aliphatic carbocycles. The van der Waals surface area contributed by atoms with Gasteiger partial charge in [-0.25, -0.2) is 0 Å².